The summed E-state index contributed by atoms with van der Waals surface area (Å²) in [5.41, 5.74) is 0. The van der Waals surface area contributed by atoms with Gasteiger partial charge in [-0.2, -0.15) is 0 Å². The molecule has 0 aromatic heterocycles. The van der Waals surface area contributed by atoms with Gasteiger partial charge in [-0.25, -0.2) is 0 Å². The van der Waals surface area contributed by atoms with Gasteiger partial charge in [-0.1, -0.05) is 0 Å². The predicted octanol–water partition coefficient (Wildman–Crippen LogP) is -1.07. The molecule has 6 nitrogen and oxygen atoms in total. The van der Waals surface area contributed by atoms with E-state index in [4.69, 9.17) is 14.9 Å². The van der Waals surface area contributed by atoms with Gasteiger partial charge in [-0.3, -0.25) is 9.59 Å². The molecule has 0 aliphatic carbocycles. The molecule has 0 aliphatic rings. The number of ether oxygens (including phenoxy) is 1. The number of amides is 1. The van der Waals surface area contributed by atoms with E-state index in [2.05, 4.69) is 0 Å². The van der Waals surface area contributed by atoms with Crippen molar-refractivity contribution in [3.63, 3.8) is 0 Å². The zero-order valence-corrected chi connectivity index (χ0v) is 8.10. The fourth-order valence-corrected chi connectivity index (χ4v) is 0.925. The molecule has 6 heteroatoms. The summed E-state index contributed by atoms with van der Waals surface area (Å²) in [5, 5.41) is 17.0. The van der Waals surface area contributed by atoms with Crippen LogP contribution in [-0.2, 0) is 14.3 Å². The maximum Gasteiger partial charge on any atom is 0.312 e. The Kier molecular flexibility index (Phi) is 6.69. The number of hydrogen-bond donors (Lipinski definition) is 2. The van der Waals surface area contributed by atoms with E-state index in [1.54, 1.807) is 0 Å². The monoisotopic (exact) mass is 205 g/mol. The van der Waals surface area contributed by atoms with E-state index in [0.717, 1.165) is 0 Å². The van der Waals surface area contributed by atoms with Crippen LogP contribution in [0.4, 0.5) is 0 Å². The van der Waals surface area contributed by atoms with Crippen molar-refractivity contribution in [3.8, 4) is 0 Å². The number of nitrogens with zero attached hydrogens (tertiary/aromatic N) is 1. The Bertz CT molecular complexity index is 194. The van der Waals surface area contributed by atoms with Crippen LogP contribution in [0.15, 0.2) is 0 Å². The lowest BCUT2D eigenvalue weighted by Crippen LogP contribution is -2.37. The standard InChI is InChI=1S/C8H15NO5/c1-14-5-3-9(2-4-10)7(11)6-8(12)13/h10H,2-6H2,1H3,(H,12,13). The van der Waals surface area contributed by atoms with E-state index in [0.29, 0.717) is 13.2 Å². The number of aliphatic carboxylic acids is 1. The molecule has 1 amide bonds. The first-order valence-corrected chi connectivity index (χ1v) is 4.21. The van der Waals surface area contributed by atoms with E-state index in [1.165, 1.54) is 12.0 Å². The summed E-state index contributed by atoms with van der Waals surface area (Å²) in [7, 11) is 1.48. The molecule has 0 aliphatic heterocycles. The second-order valence-corrected chi connectivity index (χ2v) is 2.67. The molecule has 0 saturated carbocycles. The smallest absolute Gasteiger partial charge is 0.312 e. The Morgan fingerprint density at radius 1 is 1.36 bits per heavy atom. The summed E-state index contributed by atoms with van der Waals surface area (Å²) >= 11 is 0. The molecule has 82 valence electrons. The third-order valence-corrected chi connectivity index (χ3v) is 1.59. The SMILES string of the molecule is COCCN(CCO)C(=O)CC(=O)O. The van der Waals surface area contributed by atoms with Crippen LogP contribution in [0.5, 0.6) is 0 Å². The fraction of sp³-hybridized carbons (Fsp3) is 0.750. The van der Waals surface area contributed by atoms with Crippen molar-refractivity contribution < 1.29 is 24.5 Å². The molecule has 0 aromatic rings. The van der Waals surface area contributed by atoms with Gasteiger partial charge in [-0.15, -0.1) is 0 Å². The molecule has 0 fully saturated rings. The number of carbonyl (C=O) groups excluding carboxylic acids is 1. The van der Waals surface area contributed by atoms with E-state index in [-0.39, 0.29) is 13.2 Å². The van der Waals surface area contributed by atoms with Crippen LogP contribution in [0.2, 0.25) is 0 Å². The van der Waals surface area contributed by atoms with Crippen molar-refractivity contribution in [2.45, 2.75) is 6.42 Å². The number of carboxylic acid groups (broad SMARTS) is 1. The van der Waals surface area contributed by atoms with Crippen molar-refractivity contribution in [2.75, 3.05) is 33.4 Å². The maximum absolute atomic E-state index is 11.2. The van der Waals surface area contributed by atoms with Gasteiger partial charge in [-0.05, 0) is 0 Å². The molecule has 0 aromatic carbocycles. The van der Waals surface area contributed by atoms with Gasteiger partial charge in [0.25, 0.3) is 0 Å². The molecule has 0 bridgehead atoms. The summed E-state index contributed by atoms with van der Waals surface area (Å²) in [4.78, 5) is 22.7. The normalized spacial score (nSPS) is 9.86. The van der Waals surface area contributed by atoms with E-state index in [9.17, 15) is 9.59 Å². The highest BCUT2D eigenvalue weighted by atomic mass is 16.5. The minimum atomic E-state index is -1.17. The largest absolute Gasteiger partial charge is 0.481 e. The molecule has 0 saturated heterocycles. The first-order valence-electron chi connectivity index (χ1n) is 4.21. The molecular formula is C8H15NO5. The van der Waals surface area contributed by atoms with E-state index >= 15 is 0 Å². The Labute approximate surface area is 82.1 Å². The van der Waals surface area contributed by atoms with Crippen LogP contribution in [0.1, 0.15) is 6.42 Å². The highest BCUT2D eigenvalue weighted by Gasteiger charge is 2.15. The summed E-state index contributed by atoms with van der Waals surface area (Å²) in [6.07, 6.45) is -0.552. The molecular weight excluding hydrogens is 190 g/mol. The van der Waals surface area contributed by atoms with Gasteiger partial charge < -0.3 is 19.8 Å². The zero-order valence-electron chi connectivity index (χ0n) is 8.10. The minimum absolute atomic E-state index is 0.134. The maximum atomic E-state index is 11.2. The summed E-state index contributed by atoms with van der Waals surface area (Å²) < 4.78 is 4.75. The zero-order chi connectivity index (χ0) is 11.0. The van der Waals surface area contributed by atoms with Gasteiger partial charge in [0.1, 0.15) is 6.42 Å². The Balaban J connectivity index is 4.03. The number of carbonyl (C=O) groups is 2. The highest BCUT2D eigenvalue weighted by Crippen LogP contribution is 1.94. The van der Waals surface area contributed by atoms with E-state index < -0.39 is 18.3 Å². The lowest BCUT2D eigenvalue weighted by atomic mass is 10.3. The Morgan fingerprint density at radius 3 is 2.43 bits per heavy atom. The minimum Gasteiger partial charge on any atom is -0.481 e. The van der Waals surface area contributed by atoms with Crippen LogP contribution in [0.25, 0.3) is 0 Å². The van der Waals surface area contributed by atoms with Gasteiger partial charge in [0.2, 0.25) is 5.91 Å². The summed E-state index contributed by atoms with van der Waals surface area (Å²) in [6, 6.07) is 0. The molecule has 0 heterocycles. The molecule has 0 spiro atoms. The van der Waals surface area contributed by atoms with Crippen molar-refractivity contribution in [3.05, 3.63) is 0 Å². The molecule has 2 N–H and O–H groups in total. The fourth-order valence-electron chi connectivity index (χ4n) is 0.925. The average Bonchev–Trinajstić information content (AvgIpc) is 2.10. The highest BCUT2D eigenvalue weighted by molar-refractivity contribution is 5.93. The van der Waals surface area contributed by atoms with Crippen LogP contribution in [0.3, 0.4) is 0 Å². The van der Waals surface area contributed by atoms with Gasteiger partial charge in [0.05, 0.1) is 13.2 Å². The lowest BCUT2D eigenvalue weighted by Gasteiger charge is -2.20. The molecule has 0 radical (unpaired) electrons. The van der Waals surface area contributed by atoms with Crippen LogP contribution >= 0.6 is 0 Å². The number of methoxy groups -OCH3 is 1. The van der Waals surface area contributed by atoms with Crippen molar-refractivity contribution in [1.82, 2.24) is 4.90 Å². The van der Waals surface area contributed by atoms with Gasteiger partial charge >= 0.3 is 5.97 Å². The molecule has 0 rings (SSSR count). The number of aliphatic hydroxyl groups is 1. The predicted molar refractivity (Wildman–Crippen MR) is 47.8 cm³/mol. The number of rotatable bonds is 7. The first-order chi connectivity index (χ1) is 6.61. The number of aliphatic hydroxyl groups excluding tert-OH is 1. The third-order valence-electron chi connectivity index (χ3n) is 1.59. The van der Waals surface area contributed by atoms with Crippen LogP contribution < -0.4 is 0 Å². The van der Waals surface area contributed by atoms with Gasteiger partial charge in [0, 0.05) is 20.2 Å². The topological polar surface area (TPSA) is 87.1 Å². The van der Waals surface area contributed by atoms with Crippen LogP contribution in [-0.4, -0.2) is 60.4 Å². The number of carboxylic acids is 1. The van der Waals surface area contributed by atoms with Crippen molar-refractivity contribution in [1.29, 1.82) is 0 Å². The average molecular weight is 205 g/mol. The van der Waals surface area contributed by atoms with E-state index in [1.807, 2.05) is 0 Å². The lowest BCUT2D eigenvalue weighted by molar-refractivity contribution is -0.144. The quantitative estimate of drug-likeness (QED) is 0.517. The van der Waals surface area contributed by atoms with Crippen LogP contribution in [0, 0.1) is 0 Å². The summed E-state index contributed by atoms with van der Waals surface area (Å²) in [6.45, 7) is 0.569. The van der Waals surface area contributed by atoms with Crippen molar-refractivity contribution in [2.24, 2.45) is 0 Å². The van der Waals surface area contributed by atoms with Crippen molar-refractivity contribution >= 4 is 11.9 Å². The third kappa shape index (κ3) is 5.50. The molecule has 0 atom stereocenters. The Hall–Kier alpha value is -1.14. The Morgan fingerprint density at radius 2 is 2.00 bits per heavy atom. The second kappa shape index (κ2) is 7.28. The second-order valence-electron chi connectivity index (χ2n) is 2.67. The molecule has 14 heavy (non-hydrogen) atoms. The van der Waals surface area contributed by atoms with Gasteiger partial charge in [0.15, 0.2) is 0 Å². The first kappa shape index (κ1) is 12.9. The summed E-state index contributed by atoms with van der Waals surface area (Å²) in [5.74, 6) is -1.68. The number of hydrogen-bond acceptors (Lipinski definition) is 4. The molecule has 0 unspecified atom stereocenters.